The molecular formula is C26H17N2O3S2. The van der Waals surface area contributed by atoms with Crippen LogP contribution in [0.3, 0.4) is 0 Å². The van der Waals surface area contributed by atoms with Crippen LogP contribution in [0.1, 0.15) is 4.88 Å². The van der Waals surface area contributed by atoms with Gasteiger partial charge >= 0.3 is 0 Å². The van der Waals surface area contributed by atoms with Crippen LogP contribution in [0.4, 0.5) is 0 Å². The first-order valence-corrected chi connectivity index (χ1v) is 12.4. The van der Waals surface area contributed by atoms with Crippen molar-refractivity contribution >= 4 is 32.3 Å². The van der Waals surface area contributed by atoms with Crippen molar-refractivity contribution in [2.24, 2.45) is 0 Å². The molecule has 3 aromatic carbocycles. The van der Waals surface area contributed by atoms with E-state index in [0.717, 1.165) is 5.39 Å². The molecule has 0 spiro atoms. The van der Waals surface area contributed by atoms with Crippen molar-refractivity contribution < 1.29 is 13.2 Å². The molecule has 5 nitrogen and oxygen atoms in total. The van der Waals surface area contributed by atoms with Gasteiger partial charge in [-0.1, -0.05) is 42.5 Å². The van der Waals surface area contributed by atoms with Gasteiger partial charge in [-0.2, -0.15) is 5.26 Å². The predicted molar refractivity (Wildman–Crippen MR) is 130 cm³/mol. The minimum atomic E-state index is -4.00. The first-order valence-electron chi connectivity index (χ1n) is 10.0. The summed E-state index contributed by atoms with van der Waals surface area (Å²) in [7, 11) is -2.46. The van der Waals surface area contributed by atoms with Gasteiger partial charge in [-0.05, 0) is 47.8 Å². The Bertz CT molecular complexity index is 1610. The Balaban J connectivity index is 1.93. The number of hydrogen-bond acceptors (Lipinski definition) is 5. The van der Waals surface area contributed by atoms with Crippen molar-refractivity contribution in [1.29, 1.82) is 5.26 Å². The van der Waals surface area contributed by atoms with Crippen molar-refractivity contribution in [3.05, 3.63) is 95.2 Å². The second kappa shape index (κ2) is 8.24. The van der Waals surface area contributed by atoms with Crippen LogP contribution < -0.4 is 4.74 Å². The highest BCUT2D eigenvalue weighted by molar-refractivity contribution is 7.90. The summed E-state index contributed by atoms with van der Waals surface area (Å²) in [6, 6.07) is 28.2. The van der Waals surface area contributed by atoms with Gasteiger partial charge in [-0.25, -0.2) is 12.4 Å². The highest BCUT2D eigenvalue weighted by Gasteiger charge is 2.29. The molecule has 0 saturated heterocycles. The van der Waals surface area contributed by atoms with Crippen LogP contribution in [-0.2, 0) is 10.0 Å². The number of aromatic nitrogens is 1. The molecule has 7 heteroatoms. The zero-order chi connectivity index (χ0) is 23.0. The van der Waals surface area contributed by atoms with E-state index in [9.17, 15) is 13.7 Å². The van der Waals surface area contributed by atoms with Gasteiger partial charge in [0.25, 0.3) is 10.0 Å². The zero-order valence-electron chi connectivity index (χ0n) is 17.5. The Morgan fingerprint density at radius 1 is 1.00 bits per heavy atom. The molecular weight excluding hydrogens is 452 g/mol. The summed E-state index contributed by atoms with van der Waals surface area (Å²) in [5.41, 5.74) is 3.03. The molecule has 0 bridgehead atoms. The number of benzene rings is 3. The van der Waals surface area contributed by atoms with Crippen LogP contribution in [-0.4, -0.2) is 19.5 Å². The molecule has 0 aliphatic carbocycles. The van der Waals surface area contributed by atoms with Gasteiger partial charge in [0.2, 0.25) is 0 Å². The van der Waals surface area contributed by atoms with Crippen LogP contribution >= 0.6 is 11.3 Å². The van der Waals surface area contributed by atoms with Crippen LogP contribution in [0.5, 0.6) is 5.75 Å². The predicted octanol–water partition coefficient (Wildman–Crippen LogP) is 5.95. The number of thiophene rings is 1. The average Bonchev–Trinajstić information content (AvgIpc) is 3.46. The van der Waals surface area contributed by atoms with E-state index in [4.69, 9.17) is 4.74 Å². The molecule has 2 aromatic heterocycles. The molecule has 0 aliphatic rings. The number of nitriles is 1. The first kappa shape index (κ1) is 21.0. The maximum Gasteiger partial charge on any atom is 0.268 e. The second-order valence-corrected chi connectivity index (χ2v) is 9.94. The lowest BCUT2D eigenvalue weighted by molar-refractivity contribution is 0.414. The third kappa shape index (κ3) is 3.41. The molecule has 0 N–H and O–H groups in total. The van der Waals surface area contributed by atoms with Gasteiger partial charge in [-0.15, -0.1) is 11.3 Å². The third-order valence-electron chi connectivity index (χ3n) is 5.43. The Morgan fingerprint density at radius 2 is 1.76 bits per heavy atom. The molecule has 0 aliphatic heterocycles. The van der Waals surface area contributed by atoms with Crippen molar-refractivity contribution in [2.75, 3.05) is 7.11 Å². The number of ether oxygens (including phenoxy) is 1. The van der Waals surface area contributed by atoms with E-state index < -0.39 is 10.0 Å². The molecule has 2 heterocycles. The van der Waals surface area contributed by atoms with Crippen LogP contribution in [0.25, 0.3) is 33.3 Å². The summed E-state index contributed by atoms with van der Waals surface area (Å²) in [6.07, 6.45) is 0. The number of methoxy groups -OCH3 is 1. The molecule has 1 radical (unpaired) electrons. The Hall–Kier alpha value is -3.86. The van der Waals surface area contributed by atoms with E-state index in [0.29, 0.717) is 38.5 Å². The topological polar surface area (TPSA) is 72.1 Å². The van der Waals surface area contributed by atoms with E-state index in [1.807, 2.05) is 47.8 Å². The van der Waals surface area contributed by atoms with Crippen LogP contribution in [0.2, 0.25) is 0 Å². The maximum atomic E-state index is 14.0. The quantitative estimate of drug-likeness (QED) is 0.319. The van der Waals surface area contributed by atoms with Crippen molar-refractivity contribution in [1.82, 2.24) is 3.97 Å². The Labute approximate surface area is 195 Å². The lowest BCUT2D eigenvalue weighted by Gasteiger charge is -2.14. The Morgan fingerprint density at radius 3 is 2.45 bits per heavy atom. The van der Waals surface area contributed by atoms with E-state index in [2.05, 4.69) is 12.1 Å². The molecule has 0 fully saturated rings. The summed E-state index contributed by atoms with van der Waals surface area (Å²) >= 11 is 1.33. The fourth-order valence-corrected chi connectivity index (χ4v) is 6.19. The minimum absolute atomic E-state index is 0.138. The second-order valence-electron chi connectivity index (χ2n) is 7.24. The third-order valence-corrected chi connectivity index (χ3v) is 7.98. The number of fused-ring (bicyclic) bond motifs is 1. The SMILES string of the molecule is COc1ccc(S(=O)(=O)n2c(-c3[c]cccc3)c(-c3ccsc3C#N)c3ccccc32)cc1. The highest BCUT2D eigenvalue weighted by atomic mass is 32.2. The first-order chi connectivity index (χ1) is 16.1. The van der Waals surface area contributed by atoms with Gasteiger partial charge in [0.05, 0.1) is 23.2 Å². The summed E-state index contributed by atoms with van der Waals surface area (Å²) in [4.78, 5) is 0.663. The minimum Gasteiger partial charge on any atom is -0.497 e. The smallest absolute Gasteiger partial charge is 0.268 e. The van der Waals surface area contributed by atoms with Crippen molar-refractivity contribution in [3.8, 4) is 34.2 Å². The maximum absolute atomic E-state index is 14.0. The summed E-state index contributed by atoms with van der Waals surface area (Å²) in [5.74, 6) is 0.570. The molecule has 0 atom stereocenters. The fourth-order valence-electron chi connectivity index (χ4n) is 3.96. The summed E-state index contributed by atoms with van der Waals surface area (Å²) in [5, 5.41) is 12.3. The summed E-state index contributed by atoms with van der Waals surface area (Å²) in [6.45, 7) is 0. The van der Waals surface area contributed by atoms with E-state index in [-0.39, 0.29) is 4.90 Å². The van der Waals surface area contributed by atoms with Gasteiger partial charge in [-0.3, -0.25) is 0 Å². The standard InChI is InChI=1S/C26H17N2O3S2/c1-31-19-11-13-20(14-12-19)33(29,30)28-23-10-6-5-9-21(23)25(22-15-16-32-24(22)17-27)26(28)18-7-3-2-4-8-18/h2-7,9-16H,1H3. The van der Waals surface area contributed by atoms with E-state index in [1.54, 1.807) is 24.3 Å². The van der Waals surface area contributed by atoms with Gasteiger partial charge < -0.3 is 4.74 Å². The largest absolute Gasteiger partial charge is 0.497 e. The van der Waals surface area contributed by atoms with Crippen LogP contribution in [0, 0.1) is 17.4 Å². The lowest BCUT2D eigenvalue weighted by Crippen LogP contribution is -2.14. The number of hydrogen-bond donors (Lipinski definition) is 0. The average molecular weight is 470 g/mol. The highest BCUT2D eigenvalue weighted by Crippen LogP contribution is 2.44. The zero-order valence-corrected chi connectivity index (χ0v) is 19.2. The molecule has 5 rings (SSSR count). The molecule has 0 amide bonds. The number of rotatable bonds is 5. The van der Waals surface area contributed by atoms with Crippen molar-refractivity contribution in [2.45, 2.75) is 4.90 Å². The fraction of sp³-hybridized carbons (Fsp3) is 0.0385. The Kier molecular flexibility index (Phi) is 5.25. The normalized spacial score (nSPS) is 11.4. The molecule has 5 aromatic rings. The van der Waals surface area contributed by atoms with Gasteiger partial charge in [0.15, 0.2) is 0 Å². The van der Waals surface area contributed by atoms with Crippen molar-refractivity contribution in [3.63, 3.8) is 0 Å². The lowest BCUT2D eigenvalue weighted by atomic mass is 9.99. The van der Waals surface area contributed by atoms with Gasteiger partial charge in [0.1, 0.15) is 16.7 Å². The van der Waals surface area contributed by atoms with Gasteiger partial charge in [0, 0.05) is 22.1 Å². The molecule has 161 valence electrons. The summed E-state index contributed by atoms with van der Waals surface area (Å²) < 4.78 is 34.6. The number of para-hydroxylation sites is 1. The molecule has 33 heavy (non-hydrogen) atoms. The number of nitrogens with zero attached hydrogens (tertiary/aromatic N) is 2. The molecule has 0 unspecified atom stereocenters. The monoisotopic (exact) mass is 469 g/mol. The van der Waals surface area contributed by atoms with E-state index in [1.165, 1.54) is 34.6 Å². The van der Waals surface area contributed by atoms with Crippen LogP contribution in [0.15, 0.2) is 89.1 Å². The van der Waals surface area contributed by atoms with E-state index >= 15 is 0 Å². The molecule has 0 saturated carbocycles.